The average molecular weight is 199 g/mol. The van der Waals surface area contributed by atoms with Crippen molar-refractivity contribution in [2.45, 2.75) is 19.9 Å². The van der Waals surface area contributed by atoms with Crippen LogP contribution in [0.25, 0.3) is 0 Å². The highest BCUT2D eigenvalue weighted by molar-refractivity contribution is 5.74. The summed E-state index contributed by atoms with van der Waals surface area (Å²) < 4.78 is 0. The minimum atomic E-state index is 0.0931. The summed E-state index contributed by atoms with van der Waals surface area (Å²) in [6.45, 7) is 5.78. The predicted molar refractivity (Wildman–Crippen MR) is 57.0 cm³/mol. The highest BCUT2D eigenvalue weighted by Crippen LogP contribution is 2.20. The molecule has 1 fully saturated rings. The molecule has 0 bridgehead atoms. The number of carbonyl (C=O) groups is 1. The van der Waals surface area contributed by atoms with Gasteiger partial charge in [0.25, 0.3) is 0 Å². The summed E-state index contributed by atoms with van der Waals surface area (Å²) in [6, 6.07) is 0.316. The van der Waals surface area contributed by atoms with Crippen molar-refractivity contribution in [3.63, 3.8) is 0 Å². The van der Waals surface area contributed by atoms with Crippen molar-refractivity contribution in [1.82, 2.24) is 9.80 Å². The molecule has 2 amide bonds. The standard InChI is InChI=1S/C10H21N3O/c1-7-5-13(10(14)12(3)4)6-8(2)9(7)11/h7-9H,5-6,11H2,1-4H3. The predicted octanol–water partition coefficient (Wildman–Crippen LogP) is 0.583. The molecule has 2 atom stereocenters. The van der Waals surface area contributed by atoms with E-state index in [4.69, 9.17) is 5.73 Å². The zero-order valence-corrected chi connectivity index (χ0v) is 9.53. The molecular weight excluding hydrogens is 178 g/mol. The van der Waals surface area contributed by atoms with Gasteiger partial charge in [0.2, 0.25) is 0 Å². The average Bonchev–Trinajstić information content (AvgIpc) is 2.12. The van der Waals surface area contributed by atoms with E-state index >= 15 is 0 Å². The molecule has 0 spiro atoms. The molecule has 2 N–H and O–H groups in total. The second-order valence-corrected chi connectivity index (χ2v) is 4.61. The smallest absolute Gasteiger partial charge is 0.319 e. The van der Waals surface area contributed by atoms with Gasteiger partial charge in [-0.1, -0.05) is 13.8 Å². The summed E-state index contributed by atoms with van der Waals surface area (Å²) in [7, 11) is 3.57. The van der Waals surface area contributed by atoms with Crippen molar-refractivity contribution in [3.05, 3.63) is 0 Å². The fourth-order valence-corrected chi connectivity index (χ4v) is 2.01. The molecule has 2 unspecified atom stereocenters. The van der Waals surface area contributed by atoms with Crippen molar-refractivity contribution in [3.8, 4) is 0 Å². The SMILES string of the molecule is CC1CN(C(=O)N(C)C)CC(C)C1N. The normalized spacial score (nSPS) is 32.9. The molecule has 1 rings (SSSR count). The van der Waals surface area contributed by atoms with Crippen molar-refractivity contribution in [2.24, 2.45) is 17.6 Å². The van der Waals surface area contributed by atoms with Crippen LogP contribution in [0.15, 0.2) is 0 Å². The van der Waals surface area contributed by atoms with E-state index in [1.54, 1.807) is 19.0 Å². The molecule has 0 aromatic carbocycles. The van der Waals surface area contributed by atoms with Crippen LogP contribution in [-0.4, -0.2) is 49.1 Å². The molecule has 0 aromatic heterocycles. The molecule has 0 saturated carbocycles. The molecule has 82 valence electrons. The Balaban J connectivity index is 2.62. The van der Waals surface area contributed by atoms with E-state index in [-0.39, 0.29) is 12.1 Å². The third-order valence-electron chi connectivity index (χ3n) is 2.98. The highest BCUT2D eigenvalue weighted by Gasteiger charge is 2.31. The quantitative estimate of drug-likeness (QED) is 0.620. The van der Waals surface area contributed by atoms with Gasteiger partial charge in [-0.25, -0.2) is 4.79 Å². The van der Waals surface area contributed by atoms with Crippen molar-refractivity contribution in [1.29, 1.82) is 0 Å². The van der Waals surface area contributed by atoms with Crippen molar-refractivity contribution < 1.29 is 4.79 Å². The molecule has 1 aliphatic heterocycles. The molecule has 1 saturated heterocycles. The zero-order chi connectivity index (χ0) is 10.9. The van der Waals surface area contributed by atoms with Crippen LogP contribution >= 0.6 is 0 Å². The summed E-state index contributed by atoms with van der Waals surface area (Å²) in [5, 5.41) is 0. The van der Waals surface area contributed by atoms with E-state index < -0.39 is 0 Å². The first-order valence-corrected chi connectivity index (χ1v) is 5.15. The van der Waals surface area contributed by atoms with Gasteiger partial charge in [0.15, 0.2) is 0 Å². The van der Waals surface area contributed by atoms with E-state index in [1.165, 1.54) is 0 Å². The molecule has 1 heterocycles. The van der Waals surface area contributed by atoms with Gasteiger partial charge in [-0.15, -0.1) is 0 Å². The molecule has 4 heteroatoms. The summed E-state index contributed by atoms with van der Waals surface area (Å²) >= 11 is 0. The fraction of sp³-hybridized carbons (Fsp3) is 0.900. The number of hydrogen-bond donors (Lipinski definition) is 1. The van der Waals surface area contributed by atoms with Crippen LogP contribution < -0.4 is 5.73 Å². The lowest BCUT2D eigenvalue weighted by Crippen LogP contribution is -2.55. The molecule has 14 heavy (non-hydrogen) atoms. The van der Waals surface area contributed by atoms with E-state index in [2.05, 4.69) is 13.8 Å². The lowest BCUT2D eigenvalue weighted by Gasteiger charge is -2.40. The first-order chi connectivity index (χ1) is 6.43. The summed E-state index contributed by atoms with van der Waals surface area (Å²) in [4.78, 5) is 15.2. The van der Waals surface area contributed by atoms with Crippen molar-refractivity contribution >= 4 is 6.03 Å². The fourth-order valence-electron chi connectivity index (χ4n) is 2.01. The molecule has 0 aliphatic carbocycles. The van der Waals surface area contributed by atoms with Gasteiger partial charge in [-0.2, -0.15) is 0 Å². The number of nitrogens with two attached hydrogens (primary N) is 1. The number of piperidine rings is 1. The van der Waals surface area contributed by atoms with Crippen LogP contribution in [0.5, 0.6) is 0 Å². The van der Waals surface area contributed by atoms with E-state index in [9.17, 15) is 4.79 Å². The molecule has 0 radical (unpaired) electrons. The van der Waals surface area contributed by atoms with Gasteiger partial charge in [0.1, 0.15) is 0 Å². The number of hydrogen-bond acceptors (Lipinski definition) is 2. The largest absolute Gasteiger partial charge is 0.331 e. The van der Waals surface area contributed by atoms with Crippen LogP contribution in [0, 0.1) is 11.8 Å². The number of rotatable bonds is 0. The van der Waals surface area contributed by atoms with Crippen LogP contribution in [0.2, 0.25) is 0 Å². The van der Waals surface area contributed by atoms with Crippen LogP contribution in [0.4, 0.5) is 4.79 Å². The lowest BCUT2D eigenvalue weighted by molar-refractivity contribution is 0.114. The van der Waals surface area contributed by atoms with Gasteiger partial charge in [0.05, 0.1) is 0 Å². The Kier molecular flexibility index (Phi) is 3.37. The summed E-state index contributed by atoms with van der Waals surface area (Å²) in [5.74, 6) is 0.783. The van der Waals surface area contributed by atoms with Crippen LogP contribution in [0.1, 0.15) is 13.8 Å². The molecule has 1 aliphatic rings. The summed E-state index contributed by atoms with van der Waals surface area (Å²) in [6.07, 6.45) is 0. The van der Waals surface area contributed by atoms with Gasteiger partial charge in [0, 0.05) is 33.2 Å². The second kappa shape index (κ2) is 4.17. The Hall–Kier alpha value is -0.770. The first kappa shape index (κ1) is 11.3. The number of urea groups is 1. The topological polar surface area (TPSA) is 49.6 Å². The maximum Gasteiger partial charge on any atom is 0.319 e. The monoisotopic (exact) mass is 199 g/mol. The third-order valence-corrected chi connectivity index (χ3v) is 2.98. The Morgan fingerprint density at radius 1 is 1.29 bits per heavy atom. The number of amides is 2. The Labute approximate surface area is 86.0 Å². The second-order valence-electron chi connectivity index (χ2n) is 4.61. The highest BCUT2D eigenvalue weighted by atomic mass is 16.2. The summed E-state index contributed by atoms with van der Waals surface area (Å²) in [5.41, 5.74) is 6.01. The Morgan fingerprint density at radius 3 is 2.07 bits per heavy atom. The van der Waals surface area contributed by atoms with E-state index in [0.29, 0.717) is 11.8 Å². The van der Waals surface area contributed by atoms with Crippen molar-refractivity contribution in [2.75, 3.05) is 27.2 Å². The third kappa shape index (κ3) is 2.18. The van der Waals surface area contributed by atoms with Gasteiger partial charge in [-0.05, 0) is 11.8 Å². The maximum atomic E-state index is 11.7. The van der Waals surface area contributed by atoms with Crippen LogP contribution in [-0.2, 0) is 0 Å². The zero-order valence-electron chi connectivity index (χ0n) is 9.53. The van der Waals surface area contributed by atoms with Gasteiger partial charge in [-0.3, -0.25) is 0 Å². The van der Waals surface area contributed by atoms with Gasteiger partial charge < -0.3 is 15.5 Å². The maximum absolute atomic E-state index is 11.7. The van der Waals surface area contributed by atoms with E-state index in [0.717, 1.165) is 13.1 Å². The minimum absolute atomic E-state index is 0.0931. The van der Waals surface area contributed by atoms with E-state index in [1.807, 2.05) is 4.90 Å². The Bertz CT molecular complexity index is 205. The Morgan fingerprint density at radius 2 is 1.71 bits per heavy atom. The number of carbonyl (C=O) groups excluding carboxylic acids is 1. The van der Waals surface area contributed by atoms with Gasteiger partial charge >= 0.3 is 6.03 Å². The molecular formula is C10H21N3O. The van der Waals surface area contributed by atoms with Crippen LogP contribution in [0.3, 0.4) is 0 Å². The number of likely N-dealkylation sites (tertiary alicyclic amines) is 1. The molecule has 4 nitrogen and oxygen atoms in total. The lowest BCUT2D eigenvalue weighted by atomic mass is 9.87. The first-order valence-electron chi connectivity index (χ1n) is 5.15. The molecule has 0 aromatic rings. The number of nitrogens with zero attached hydrogens (tertiary/aromatic N) is 2. The minimum Gasteiger partial charge on any atom is -0.331 e.